The first-order valence-corrected chi connectivity index (χ1v) is 7.65. The predicted octanol–water partition coefficient (Wildman–Crippen LogP) is 1.95. The molecular weight excluding hydrogens is 137 g/mol. The van der Waals surface area contributed by atoms with Crippen LogP contribution in [0.5, 0.6) is 0 Å². The fourth-order valence-corrected chi connectivity index (χ4v) is 2.88. The van der Waals surface area contributed by atoms with Crippen LogP contribution in [0.1, 0.15) is 12.8 Å². The van der Waals surface area contributed by atoms with Gasteiger partial charge < -0.3 is 4.48 Å². The van der Waals surface area contributed by atoms with Gasteiger partial charge in [0, 0.05) is 0 Å². The Balaban J connectivity index is 2.39. The summed E-state index contributed by atoms with van der Waals surface area (Å²) in [7, 11) is 1.43. The first-order chi connectivity index (χ1) is 4.61. The lowest BCUT2D eigenvalue weighted by atomic mass is 9.82. The van der Waals surface area contributed by atoms with Crippen molar-refractivity contribution >= 4 is 15.6 Å². The lowest BCUT2D eigenvalue weighted by molar-refractivity contribution is 0.557. The van der Waals surface area contributed by atoms with Gasteiger partial charge in [-0.3, -0.25) is 0 Å². The molecular formula is C7H17BNSi. The summed E-state index contributed by atoms with van der Waals surface area (Å²) in [5.41, 5.74) is 0. The lowest BCUT2D eigenvalue weighted by Gasteiger charge is -2.36. The largest absolute Gasteiger partial charge is 0.369 e. The number of hydrogen-bond acceptors (Lipinski definition) is 1. The average Bonchev–Trinajstić information content (AvgIpc) is 1.88. The molecule has 0 aliphatic carbocycles. The molecule has 0 N–H and O–H groups in total. The fourth-order valence-electron chi connectivity index (χ4n) is 1.37. The average molecular weight is 154 g/mol. The van der Waals surface area contributed by atoms with Crippen molar-refractivity contribution in [3.8, 4) is 0 Å². The summed E-state index contributed by atoms with van der Waals surface area (Å²) in [4.78, 5) is 0. The Kier molecular flexibility index (Phi) is 2.58. The highest BCUT2D eigenvalue weighted by atomic mass is 28.3. The molecule has 1 heterocycles. The van der Waals surface area contributed by atoms with Crippen LogP contribution in [0, 0.1) is 0 Å². The Morgan fingerprint density at radius 1 is 1.20 bits per heavy atom. The van der Waals surface area contributed by atoms with E-state index >= 15 is 0 Å². The zero-order valence-electron chi connectivity index (χ0n) is 7.35. The van der Waals surface area contributed by atoms with Crippen molar-refractivity contribution in [3.63, 3.8) is 0 Å². The molecule has 0 atom stereocenters. The van der Waals surface area contributed by atoms with Gasteiger partial charge in [0.05, 0.1) is 0 Å². The maximum Gasteiger partial charge on any atom is 0.200 e. The summed E-state index contributed by atoms with van der Waals surface area (Å²) in [5.74, 6) is 0. The summed E-state index contributed by atoms with van der Waals surface area (Å²) in [6.45, 7) is 8.55. The second-order valence-electron chi connectivity index (χ2n) is 4.04. The smallest absolute Gasteiger partial charge is 0.200 e. The van der Waals surface area contributed by atoms with E-state index in [1.165, 1.54) is 25.7 Å². The van der Waals surface area contributed by atoms with Gasteiger partial charge in [0.25, 0.3) is 0 Å². The molecule has 1 aliphatic rings. The fraction of sp³-hybridized carbons (Fsp3) is 1.00. The van der Waals surface area contributed by atoms with Crippen LogP contribution >= 0.6 is 0 Å². The van der Waals surface area contributed by atoms with Crippen molar-refractivity contribution in [2.24, 2.45) is 0 Å². The zero-order chi connectivity index (χ0) is 7.61. The lowest BCUT2D eigenvalue weighted by Crippen LogP contribution is -2.50. The van der Waals surface area contributed by atoms with Crippen LogP contribution in [-0.4, -0.2) is 26.7 Å². The van der Waals surface area contributed by atoms with E-state index in [4.69, 9.17) is 0 Å². The molecule has 1 aliphatic heterocycles. The molecule has 1 radical (unpaired) electrons. The molecule has 0 saturated carbocycles. The Morgan fingerprint density at radius 3 is 2.20 bits per heavy atom. The first kappa shape index (κ1) is 8.34. The van der Waals surface area contributed by atoms with E-state index in [0.29, 0.717) is 0 Å². The molecule has 0 amide bonds. The molecule has 1 nitrogen and oxygen atoms in total. The van der Waals surface area contributed by atoms with Gasteiger partial charge in [-0.05, 0) is 13.0 Å². The van der Waals surface area contributed by atoms with Crippen molar-refractivity contribution in [1.29, 1.82) is 0 Å². The molecule has 10 heavy (non-hydrogen) atoms. The second kappa shape index (κ2) is 3.10. The summed E-state index contributed by atoms with van der Waals surface area (Å²) in [6, 6.07) is 0. The van der Waals surface area contributed by atoms with Gasteiger partial charge in [-0.25, -0.2) is 0 Å². The summed E-state index contributed by atoms with van der Waals surface area (Å²) in [5, 5.41) is 0. The molecule has 0 aromatic heterocycles. The number of rotatable bonds is 1. The van der Waals surface area contributed by atoms with Crippen LogP contribution in [0.25, 0.3) is 0 Å². The Bertz CT molecular complexity index is 105. The summed E-state index contributed by atoms with van der Waals surface area (Å²) < 4.78 is 2.59. The van der Waals surface area contributed by atoms with Crippen LogP contribution in [0.3, 0.4) is 0 Å². The van der Waals surface area contributed by atoms with Crippen molar-refractivity contribution in [3.05, 3.63) is 0 Å². The SMILES string of the molecule is C[Si](C)(C)N1[B]CCCC1. The Labute approximate surface area is 66.2 Å². The number of nitrogens with zero attached hydrogens (tertiary/aromatic N) is 1. The van der Waals surface area contributed by atoms with Gasteiger partial charge in [-0.2, -0.15) is 0 Å². The van der Waals surface area contributed by atoms with Crippen molar-refractivity contribution < 1.29 is 0 Å². The van der Waals surface area contributed by atoms with Crippen LogP contribution < -0.4 is 0 Å². The Morgan fingerprint density at radius 2 is 1.90 bits per heavy atom. The summed E-state index contributed by atoms with van der Waals surface area (Å²) in [6.07, 6.45) is 4.12. The maximum absolute atomic E-state index is 2.59. The molecule has 0 aromatic rings. The van der Waals surface area contributed by atoms with E-state index in [1.54, 1.807) is 0 Å². The zero-order valence-corrected chi connectivity index (χ0v) is 8.35. The molecule has 0 unspecified atom stereocenters. The minimum absolute atomic E-state index is 0.979. The molecule has 0 bridgehead atoms. The summed E-state index contributed by atoms with van der Waals surface area (Å²) >= 11 is 0. The van der Waals surface area contributed by atoms with E-state index in [-0.39, 0.29) is 0 Å². The van der Waals surface area contributed by atoms with Crippen LogP contribution in [0.15, 0.2) is 0 Å². The molecule has 1 fully saturated rings. The molecule has 57 valence electrons. The van der Waals surface area contributed by atoms with Gasteiger partial charge in [0.1, 0.15) is 8.24 Å². The third-order valence-corrected chi connectivity index (χ3v) is 4.19. The first-order valence-electron chi connectivity index (χ1n) is 4.21. The highest BCUT2D eigenvalue weighted by Crippen LogP contribution is 2.15. The standard InChI is InChI=1S/C7H17BNSi/c1-10(2,3)9-7-5-4-6-8-9/h4-7H2,1-3H3. The Hall–Kier alpha value is 0.242. The van der Waals surface area contributed by atoms with E-state index in [9.17, 15) is 0 Å². The van der Waals surface area contributed by atoms with Gasteiger partial charge in [-0.15, -0.1) is 0 Å². The van der Waals surface area contributed by atoms with Crippen molar-refractivity contribution in [2.75, 3.05) is 6.54 Å². The van der Waals surface area contributed by atoms with Gasteiger partial charge in [0.2, 0.25) is 7.41 Å². The van der Waals surface area contributed by atoms with E-state index in [2.05, 4.69) is 31.5 Å². The van der Waals surface area contributed by atoms with Gasteiger partial charge in [0.15, 0.2) is 0 Å². The van der Waals surface area contributed by atoms with Gasteiger partial charge in [-0.1, -0.05) is 32.4 Å². The highest BCUT2D eigenvalue weighted by molar-refractivity contribution is 6.79. The third kappa shape index (κ3) is 2.13. The predicted molar refractivity (Wildman–Crippen MR) is 49.8 cm³/mol. The van der Waals surface area contributed by atoms with E-state index in [1.807, 2.05) is 0 Å². The quantitative estimate of drug-likeness (QED) is 0.522. The minimum atomic E-state index is -0.979. The van der Waals surface area contributed by atoms with Crippen molar-refractivity contribution in [2.45, 2.75) is 38.8 Å². The third-order valence-electron chi connectivity index (χ3n) is 2.06. The molecule has 1 saturated heterocycles. The molecule has 1 rings (SSSR count). The molecule has 0 aromatic carbocycles. The minimum Gasteiger partial charge on any atom is -0.369 e. The van der Waals surface area contributed by atoms with Gasteiger partial charge >= 0.3 is 0 Å². The normalized spacial score (nSPS) is 22.3. The van der Waals surface area contributed by atoms with E-state index in [0.717, 1.165) is 0 Å². The number of hydrogen-bond donors (Lipinski definition) is 0. The monoisotopic (exact) mass is 154 g/mol. The highest BCUT2D eigenvalue weighted by Gasteiger charge is 2.24. The molecule has 3 heteroatoms. The maximum atomic E-state index is 2.59. The van der Waals surface area contributed by atoms with Crippen LogP contribution in [-0.2, 0) is 0 Å². The van der Waals surface area contributed by atoms with Crippen LogP contribution in [0.4, 0.5) is 0 Å². The van der Waals surface area contributed by atoms with E-state index < -0.39 is 8.24 Å². The van der Waals surface area contributed by atoms with Crippen LogP contribution in [0.2, 0.25) is 26.0 Å². The van der Waals surface area contributed by atoms with Crippen molar-refractivity contribution in [1.82, 2.24) is 4.48 Å². The second-order valence-corrected chi connectivity index (χ2v) is 8.96. The molecule has 0 spiro atoms. The topological polar surface area (TPSA) is 3.24 Å².